The van der Waals surface area contributed by atoms with Crippen molar-refractivity contribution < 1.29 is 13.5 Å². The molecule has 0 N–H and O–H groups in total. The third-order valence-electron chi connectivity index (χ3n) is 2.80. The Bertz CT molecular complexity index is 602. The number of benzene rings is 2. The first kappa shape index (κ1) is 15.3. The first-order chi connectivity index (χ1) is 9.52. The van der Waals surface area contributed by atoms with Crippen LogP contribution in [0.4, 0.5) is 8.78 Å². The molecule has 0 aliphatic carbocycles. The number of alkyl halides is 1. The lowest BCUT2D eigenvalue weighted by atomic mass is 10.0. The fourth-order valence-electron chi connectivity index (χ4n) is 1.81. The first-order valence-corrected chi connectivity index (χ1v) is 7.33. The predicted octanol–water partition coefficient (Wildman–Crippen LogP) is 5.50. The summed E-state index contributed by atoms with van der Waals surface area (Å²) in [5.74, 6) is -0.454. The van der Waals surface area contributed by atoms with Gasteiger partial charge in [0.05, 0.1) is 16.5 Å². The second kappa shape index (κ2) is 6.55. The van der Waals surface area contributed by atoms with Gasteiger partial charge in [0.2, 0.25) is 0 Å². The normalized spacial score (nSPS) is 12.2. The number of hydrogen-bond donors (Lipinski definition) is 0. The van der Waals surface area contributed by atoms with Gasteiger partial charge in [-0.2, -0.15) is 0 Å². The molecule has 2 aromatic carbocycles. The Kier molecular flexibility index (Phi) is 5.00. The van der Waals surface area contributed by atoms with Crippen molar-refractivity contribution in [1.82, 2.24) is 0 Å². The molecule has 0 spiro atoms. The zero-order chi connectivity index (χ0) is 14.7. The van der Waals surface area contributed by atoms with Gasteiger partial charge in [-0.1, -0.05) is 39.7 Å². The minimum atomic E-state index is -0.640. The van der Waals surface area contributed by atoms with Gasteiger partial charge in [0.25, 0.3) is 0 Å². The van der Waals surface area contributed by atoms with E-state index in [1.807, 2.05) is 6.92 Å². The molecule has 0 amide bonds. The fraction of sp³-hybridized carbons (Fsp3) is 0.200. The van der Waals surface area contributed by atoms with E-state index in [1.165, 1.54) is 0 Å². The highest BCUT2D eigenvalue weighted by Crippen LogP contribution is 2.35. The van der Waals surface area contributed by atoms with Crippen LogP contribution in [0.3, 0.4) is 0 Å². The van der Waals surface area contributed by atoms with Crippen molar-refractivity contribution in [3.63, 3.8) is 0 Å². The van der Waals surface area contributed by atoms with E-state index in [0.717, 1.165) is 23.4 Å². The maximum atomic E-state index is 13.9. The lowest BCUT2D eigenvalue weighted by Crippen LogP contribution is -1.99. The topological polar surface area (TPSA) is 9.23 Å². The molecular weight excluding hydrogens is 350 g/mol. The maximum absolute atomic E-state index is 13.9. The van der Waals surface area contributed by atoms with Crippen LogP contribution in [0, 0.1) is 11.6 Å². The van der Waals surface area contributed by atoms with Crippen molar-refractivity contribution in [2.45, 2.75) is 11.8 Å². The van der Waals surface area contributed by atoms with Gasteiger partial charge in [0, 0.05) is 5.56 Å². The second-order valence-electron chi connectivity index (χ2n) is 4.15. The van der Waals surface area contributed by atoms with Crippen molar-refractivity contribution in [2.24, 2.45) is 0 Å². The minimum Gasteiger partial charge on any atom is -0.494 e. The minimum absolute atomic E-state index is 0.205. The molecule has 0 fully saturated rings. The first-order valence-electron chi connectivity index (χ1n) is 6.04. The standard InChI is InChI=1S/C15H12BrClF2O/c1-2-20-10-5-3-9(4-6-10)15(16)11-7-14(19)12(17)8-13(11)18/h3-8,15H,2H2,1H3. The smallest absolute Gasteiger partial charge is 0.142 e. The van der Waals surface area contributed by atoms with Crippen LogP contribution in [0.2, 0.25) is 5.02 Å². The lowest BCUT2D eigenvalue weighted by molar-refractivity contribution is 0.340. The summed E-state index contributed by atoms with van der Waals surface area (Å²) in [7, 11) is 0. The summed E-state index contributed by atoms with van der Waals surface area (Å²) in [4.78, 5) is -0.454. The molecule has 1 nitrogen and oxygen atoms in total. The molecule has 0 aromatic heterocycles. The molecule has 0 aliphatic rings. The van der Waals surface area contributed by atoms with E-state index >= 15 is 0 Å². The molecule has 0 saturated carbocycles. The van der Waals surface area contributed by atoms with Crippen molar-refractivity contribution in [1.29, 1.82) is 0 Å². The molecule has 0 radical (unpaired) electrons. The molecule has 0 bridgehead atoms. The van der Waals surface area contributed by atoms with Crippen LogP contribution in [0.5, 0.6) is 5.75 Å². The largest absolute Gasteiger partial charge is 0.494 e. The molecule has 0 saturated heterocycles. The quantitative estimate of drug-likeness (QED) is 0.516. The van der Waals surface area contributed by atoms with Gasteiger partial charge in [0.1, 0.15) is 17.4 Å². The number of rotatable bonds is 4. The van der Waals surface area contributed by atoms with Gasteiger partial charge in [0.15, 0.2) is 0 Å². The molecule has 0 heterocycles. The fourth-order valence-corrected chi connectivity index (χ4v) is 2.62. The van der Waals surface area contributed by atoms with Crippen molar-refractivity contribution in [3.8, 4) is 5.75 Å². The third-order valence-corrected chi connectivity index (χ3v) is 4.11. The van der Waals surface area contributed by atoms with E-state index in [1.54, 1.807) is 24.3 Å². The van der Waals surface area contributed by atoms with E-state index in [-0.39, 0.29) is 10.6 Å². The Hall–Kier alpha value is -1.13. The van der Waals surface area contributed by atoms with E-state index < -0.39 is 16.5 Å². The van der Waals surface area contributed by atoms with E-state index in [4.69, 9.17) is 16.3 Å². The van der Waals surface area contributed by atoms with E-state index in [0.29, 0.717) is 6.61 Å². The van der Waals surface area contributed by atoms with Gasteiger partial charge in [-0.3, -0.25) is 0 Å². The number of hydrogen-bond acceptors (Lipinski definition) is 1. The molecule has 5 heteroatoms. The Morgan fingerprint density at radius 1 is 1.15 bits per heavy atom. The average Bonchev–Trinajstić information content (AvgIpc) is 2.43. The molecule has 2 aromatic rings. The molecule has 2 rings (SSSR count). The molecule has 1 unspecified atom stereocenters. The van der Waals surface area contributed by atoms with E-state index in [9.17, 15) is 8.78 Å². The van der Waals surface area contributed by atoms with Crippen LogP contribution < -0.4 is 4.74 Å². The van der Waals surface area contributed by atoms with Crippen LogP contribution in [-0.2, 0) is 0 Å². The molecule has 20 heavy (non-hydrogen) atoms. The second-order valence-corrected chi connectivity index (χ2v) is 5.48. The highest BCUT2D eigenvalue weighted by atomic mass is 79.9. The monoisotopic (exact) mass is 360 g/mol. The predicted molar refractivity (Wildman–Crippen MR) is 79.7 cm³/mol. The van der Waals surface area contributed by atoms with Gasteiger partial charge in [-0.25, -0.2) is 8.78 Å². The summed E-state index contributed by atoms with van der Waals surface area (Å²) >= 11 is 8.92. The van der Waals surface area contributed by atoms with Crippen LogP contribution in [-0.4, -0.2) is 6.61 Å². The number of halogens is 4. The van der Waals surface area contributed by atoms with Gasteiger partial charge >= 0.3 is 0 Å². The third kappa shape index (κ3) is 3.30. The van der Waals surface area contributed by atoms with Crippen molar-refractivity contribution in [3.05, 3.63) is 64.2 Å². The van der Waals surface area contributed by atoms with Gasteiger partial charge in [-0.05, 0) is 36.8 Å². The summed E-state index contributed by atoms with van der Waals surface area (Å²) in [6.45, 7) is 2.47. The molecule has 106 valence electrons. The van der Waals surface area contributed by atoms with Gasteiger partial charge in [-0.15, -0.1) is 0 Å². The molecule has 1 atom stereocenters. The van der Waals surface area contributed by atoms with Crippen LogP contribution in [0.25, 0.3) is 0 Å². The van der Waals surface area contributed by atoms with E-state index in [2.05, 4.69) is 15.9 Å². The summed E-state index contributed by atoms with van der Waals surface area (Å²) in [5, 5.41) is -0.224. The number of ether oxygens (including phenoxy) is 1. The maximum Gasteiger partial charge on any atom is 0.142 e. The summed E-state index contributed by atoms with van der Waals surface area (Å²) in [6.07, 6.45) is 0. The highest BCUT2D eigenvalue weighted by molar-refractivity contribution is 9.09. The van der Waals surface area contributed by atoms with Gasteiger partial charge < -0.3 is 4.74 Å². The van der Waals surface area contributed by atoms with Crippen LogP contribution in [0.15, 0.2) is 36.4 Å². The van der Waals surface area contributed by atoms with Crippen molar-refractivity contribution >= 4 is 27.5 Å². The molecular formula is C15H12BrClF2O. The SMILES string of the molecule is CCOc1ccc(C(Br)c2cc(F)c(Cl)cc2F)cc1. The summed E-state index contributed by atoms with van der Waals surface area (Å²) in [5.41, 5.74) is 1.00. The zero-order valence-corrected chi connectivity index (χ0v) is 13.0. The summed E-state index contributed by atoms with van der Waals surface area (Å²) < 4.78 is 32.7. The van der Waals surface area contributed by atoms with Crippen molar-refractivity contribution in [2.75, 3.05) is 6.61 Å². The average molecular weight is 362 g/mol. The Balaban J connectivity index is 2.31. The zero-order valence-electron chi connectivity index (χ0n) is 10.7. The molecule has 0 aliphatic heterocycles. The highest BCUT2D eigenvalue weighted by Gasteiger charge is 2.17. The van der Waals surface area contributed by atoms with Crippen LogP contribution >= 0.6 is 27.5 Å². The lowest BCUT2D eigenvalue weighted by Gasteiger charge is -2.13. The Morgan fingerprint density at radius 2 is 1.80 bits per heavy atom. The summed E-state index contributed by atoms with van der Waals surface area (Å²) in [6, 6.07) is 9.27. The van der Waals surface area contributed by atoms with Crippen LogP contribution in [0.1, 0.15) is 22.9 Å². The Morgan fingerprint density at radius 3 is 2.40 bits per heavy atom. The Labute approximate surface area is 129 Å².